The largest absolute Gasteiger partial charge is 0.455 e. The zero-order chi connectivity index (χ0) is 42.1. The molecule has 0 bridgehead atoms. The van der Waals surface area contributed by atoms with Gasteiger partial charge in [0, 0.05) is 66.2 Å². The molecule has 0 N–H and O–H groups in total. The van der Waals surface area contributed by atoms with Crippen molar-refractivity contribution in [1.82, 2.24) is 4.57 Å². The van der Waals surface area contributed by atoms with Crippen LogP contribution in [0.3, 0.4) is 0 Å². The summed E-state index contributed by atoms with van der Waals surface area (Å²) >= 11 is 0. The molecule has 300 valence electrons. The van der Waals surface area contributed by atoms with Crippen molar-refractivity contribution in [2.45, 2.75) is 0 Å². The van der Waals surface area contributed by atoms with Crippen LogP contribution in [0.5, 0.6) is 0 Å². The molecular weight excluding hydrogens is 781 g/mol. The van der Waals surface area contributed by atoms with Crippen LogP contribution in [0.15, 0.2) is 239 Å². The van der Waals surface area contributed by atoms with Gasteiger partial charge >= 0.3 is 0 Å². The number of hydrogen-bond acceptors (Lipinski definition) is 3. The number of nitrogens with zero attached hydrogens (tertiary/aromatic N) is 2. The summed E-state index contributed by atoms with van der Waals surface area (Å²) in [5.41, 5.74) is 16.9. The Morgan fingerprint density at radius 2 is 0.812 bits per heavy atom. The van der Waals surface area contributed by atoms with Crippen molar-refractivity contribution in [3.63, 3.8) is 0 Å². The number of furan rings is 2. The summed E-state index contributed by atoms with van der Waals surface area (Å²) < 4.78 is 15.4. The fraction of sp³-hybridized carbons (Fsp3) is 0. The number of rotatable bonds is 7. The quantitative estimate of drug-likeness (QED) is 0.161. The van der Waals surface area contributed by atoms with E-state index in [1.54, 1.807) is 0 Å². The van der Waals surface area contributed by atoms with Gasteiger partial charge < -0.3 is 18.3 Å². The van der Waals surface area contributed by atoms with Gasteiger partial charge in [0.1, 0.15) is 22.3 Å². The first-order chi connectivity index (χ1) is 31.7. The molecule has 0 spiro atoms. The van der Waals surface area contributed by atoms with Crippen LogP contribution in [0.2, 0.25) is 0 Å². The molecule has 0 unspecified atom stereocenters. The maximum atomic E-state index is 6.52. The highest BCUT2D eigenvalue weighted by Gasteiger charge is 2.20. The van der Waals surface area contributed by atoms with Gasteiger partial charge in [0.15, 0.2) is 0 Å². The molecule has 3 heterocycles. The van der Waals surface area contributed by atoms with Gasteiger partial charge in [-0.2, -0.15) is 0 Å². The Kier molecular flexibility index (Phi) is 8.18. The van der Waals surface area contributed by atoms with Gasteiger partial charge in [0.05, 0.1) is 11.0 Å². The van der Waals surface area contributed by atoms with E-state index in [2.05, 4.69) is 222 Å². The van der Waals surface area contributed by atoms with Gasteiger partial charge in [0.2, 0.25) is 0 Å². The number of para-hydroxylation sites is 5. The van der Waals surface area contributed by atoms with E-state index in [0.717, 1.165) is 106 Å². The molecule has 0 aliphatic carbocycles. The van der Waals surface area contributed by atoms with Crippen LogP contribution in [0.25, 0.3) is 105 Å². The van der Waals surface area contributed by atoms with Crippen LogP contribution >= 0.6 is 0 Å². The van der Waals surface area contributed by atoms with Crippen molar-refractivity contribution in [3.8, 4) is 39.1 Å². The average molecular weight is 819 g/mol. The highest BCUT2D eigenvalue weighted by atomic mass is 16.3. The maximum Gasteiger partial charge on any atom is 0.143 e. The normalized spacial score (nSPS) is 11.8. The summed E-state index contributed by atoms with van der Waals surface area (Å²) in [5, 5.41) is 6.92. The second kappa shape index (κ2) is 14.5. The molecule has 10 aromatic carbocycles. The van der Waals surface area contributed by atoms with Gasteiger partial charge in [-0.25, -0.2) is 0 Å². The van der Waals surface area contributed by atoms with Crippen molar-refractivity contribution < 1.29 is 8.83 Å². The number of anilines is 3. The summed E-state index contributed by atoms with van der Waals surface area (Å²) in [6, 6.07) is 82.1. The maximum absolute atomic E-state index is 6.52. The molecule has 13 rings (SSSR count). The monoisotopic (exact) mass is 818 g/mol. The van der Waals surface area contributed by atoms with E-state index in [0.29, 0.717) is 0 Å². The van der Waals surface area contributed by atoms with Crippen molar-refractivity contribution in [1.29, 1.82) is 0 Å². The molecule has 13 aromatic rings. The molecule has 0 aliphatic heterocycles. The predicted octanol–water partition coefficient (Wildman–Crippen LogP) is 17.1. The lowest BCUT2D eigenvalue weighted by Gasteiger charge is -2.26. The van der Waals surface area contributed by atoms with Crippen molar-refractivity contribution in [3.05, 3.63) is 231 Å². The Bertz CT molecular complexity index is 3880. The predicted molar refractivity (Wildman–Crippen MR) is 266 cm³/mol. The first-order valence-corrected chi connectivity index (χ1v) is 21.7. The second-order valence-electron chi connectivity index (χ2n) is 16.5. The van der Waals surface area contributed by atoms with Gasteiger partial charge in [0.25, 0.3) is 0 Å². The zero-order valence-electron chi connectivity index (χ0n) is 34.7. The van der Waals surface area contributed by atoms with Crippen molar-refractivity contribution >= 4 is 82.7 Å². The Labute approximate surface area is 369 Å². The highest BCUT2D eigenvalue weighted by molar-refractivity contribution is 6.12. The molecule has 0 radical (unpaired) electrons. The Hall–Kier alpha value is -8.60. The third-order valence-corrected chi connectivity index (χ3v) is 12.8. The third kappa shape index (κ3) is 5.77. The average Bonchev–Trinajstić information content (AvgIpc) is 4.04. The highest BCUT2D eigenvalue weighted by Crippen LogP contribution is 2.43. The first-order valence-electron chi connectivity index (χ1n) is 21.7. The van der Waals surface area contributed by atoms with Crippen LogP contribution in [-0.4, -0.2) is 4.57 Å². The van der Waals surface area contributed by atoms with Gasteiger partial charge in [-0.05, 0) is 95.1 Å². The Balaban J connectivity index is 0.938. The number of benzene rings is 10. The molecule has 64 heavy (non-hydrogen) atoms. The fourth-order valence-electron chi connectivity index (χ4n) is 9.79. The lowest BCUT2D eigenvalue weighted by molar-refractivity contribution is 0.669. The summed E-state index contributed by atoms with van der Waals surface area (Å²) in [6.45, 7) is 0. The van der Waals surface area contributed by atoms with Crippen LogP contribution in [0, 0.1) is 0 Å². The molecule has 0 saturated heterocycles. The van der Waals surface area contributed by atoms with Crippen LogP contribution in [0.1, 0.15) is 0 Å². The van der Waals surface area contributed by atoms with E-state index in [4.69, 9.17) is 8.83 Å². The van der Waals surface area contributed by atoms with Crippen LogP contribution in [0.4, 0.5) is 17.1 Å². The van der Waals surface area contributed by atoms with E-state index in [1.165, 1.54) is 16.3 Å². The lowest BCUT2D eigenvalue weighted by atomic mass is 10.00. The van der Waals surface area contributed by atoms with E-state index >= 15 is 0 Å². The molecule has 0 fully saturated rings. The number of aromatic nitrogens is 1. The van der Waals surface area contributed by atoms with E-state index in [-0.39, 0.29) is 0 Å². The molecule has 0 atom stereocenters. The Morgan fingerprint density at radius 3 is 1.53 bits per heavy atom. The lowest BCUT2D eigenvalue weighted by Crippen LogP contribution is -2.10. The SMILES string of the molecule is c1ccc(-c2cccc3c2oc2ccc(-c4ccc(N(c5ccc(-c6cccc7c6oc6ccccc67)cc5)c5ccc6c7ccccc7n(-c7ccccc7)c6c5)cc4)cc23)cc1. The molecular formula is C60H38N2O2. The van der Waals surface area contributed by atoms with Crippen molar-refractivity contribution in [2.24, 2.45) is 0 Å². The van der Waals surface area contributed by atoms with Crippen LogP contribution < -0.4 is 4.90 Å². The molecule has 0 amide bonds. The second-order valence-corrected chi connectivity index (χ2v) is 16.5. The summed E-state index contributed by atoms with van der Waals surface area (Å²) in [5.74, 6) is 0. The van der Waals surface area contributed by atoms with E-state index in [1.807, 2.05) is 18.2 Å². The van der Waals surface area contributed by atoms with Crippen molar-refractivity contribution in [2.75, 3.05) is 4.90 Å². The molecule has 0 saturated carbocycles. The summed E-state index contributed by atoms with van der Waals surface area (Å²) in [7, 11) is 0. The molecule has 3 aromatic heterocycles. The minimum Gasteiger partial charge on any atom is -0.455 e. The topological polar surface area (TPSA) is 34.5 Å². The van der Waals surface area contributed by atoms with Gasteiger partial charge in [-0.15, -0.1) is 0 Å². The molecule has 4 heteroatoms. The van der Waals surface area contributed by atoms with Gasteiger partial charge in [-0.1, -0.05) is 158 Å². The Morgan fingerprint density at radius 1 is 0.297 bits per heavy atom. The van der Waals surface area contributed by atoms with E-state index < -0.39 is 0 Å². The van der Waals surface area contributed by atoms with E-state index in [9.17, 15) is 0 Å². The standard InChI is InChI=1S/C60H38N2O2/c1-3-13-40(14-4-1)47-19-12-22-53-54-37-42(29-36-58(54)64-60(47)53)39-25-30-44(31-26-39)61(45-32-27-41(28-33-45)48-20-11-21-52-51-18-8-10-24-57(51)63-59(48)52)46-34-35-50-49-17-7-9-23-55(49)62(56(50)38-46)43-15-5-2-6-16-43/h1-38H. The molecule has 0 aliphatic rings. The van der Waals surface area contributed by atoms with Gasteiger partial charge in [-0.3, -0.25) is 0 Å². The smallest absolute Gasteiger partial charge is 0.143 e. The minimum absolute atomic E-state index is 0.883. The number of fused-ring (bicyclic) bond motifs is 9. The van der Waals surface area contributed by atoms with Crippen LogP contribution in [-0.2, 0) is 0 Å². The summed E-state index contributed by atoms with van der Waals surface area (Å²) in [6.07, 6.45) is 0. The zero-order valence-corrected chi connectivity index (χ0v) is 34.7. The minimum atomic E-state index is 0.883. The summed E-state index contributed by atoms with van der Waals surface area (Å²) in [4.78, 5) is 2.36. The first kappa shape index (κ1) is 36.1. The fourth-order valence-corrected chi connectivity index (χ4v) is 9.79. The number of hydrogen-bond donors (Lipinski definition) is 0. The molecule has 4 nitrogen and oxygen atoms in total. The third-order valence-electron chi connectivity index (χ3n) is 12.8.